The number of nitrogens with two attached hydrogens (primary N) is 2. The summed E-state index contributed by atoms with van der Waals surface area (Å²) in [4.78, 5) is 19.5. The molecule has 1 aromatic heterocycles. The number of nitrogens with zero attached hydrogens (tertiary/aromatic N) is 4. The van der Waals surface area contributed by atoms with Crippen LogP contribution in [-0.2, 0) is 4.84 Å². The minimum absolute atomic E-state index is 0.0397. The average Bonchev–Trinajstić information content (AvgIpc) is 3.35. The Balaban J connectivity index is 1.88. The van der Waals surface area contributed by atoms with Gasteiger partial charge < -0.3 is 21.5 Å². The second-order valence-corrected chi connectivity index (χ2v) is 11.3. The third-order valence-corrected chi connectivity index (χ3v) is 8.02. The molecule has 0 bridgehead atoms. The predicted molar refractivity (Wildman–Crippen MR) is 153 cm³/mol. The van der Waals surface area contributed by atoms with Crippen molar-refractivity contribution in [2.45, 2.75) is 76.8 Å². The van der Waals surface area contributed by atoms with E-state index in [2.05, 4.69) is 40.5 Å². The maximum Gasteiger partial charge on any atom is 0.280 e. The number of alkyl halides is 1. The zero-order chi connectivity index (χ0) is 28.2. The van der Waals surface area contributed by atoms with Crippen molar-refractivity contribution in [3.05, 3.63) is 59.3 Å². The number of aliphatic hydroxyl groups is 1. The Hall–Kier alpha value is -2.95. The quantitative estimate of drug-likeness (QED) is 0.195. The fourth-order valence-electron chi connectivity index (χ4n) is 5.56. The van der Waals surface area contributed by atoms with Crippen LogP contribution in [-0.4, -0.2) is 45.3 Å². The molecule has 1 aliphatic heterocycles. The lowest BCUT2D eigenvalue weighted by Gasteiger charge is -2.42. The van der Waals surface area contributed by atoms with E-state index < -0.39 is 12.1 Å². The number of pyridine rings is 1. The maximum absolute atomic E-state index is 16.5. The molecule has 212 valence electrons. The number of rotatable bonds is 9. The van der Waals surface area contributed by atoms with E-state index in [0.29, 0.717) is 53.2 Å². The van der Waals surface area contributed by atoms with E-state index in [9.17, 15) is 5.11 Å². The van der Waals surface area contributed by atoms with Gasteiger partial charge in [0, 0.05) is 30.2 Å². The summed E-state index contributed by atoms with van der Waals surface area (Å²) >= 11 is 6.31. The van der Waals surface area contributed by atoms with Crippen LogP contribution < -0.4 is 16.9 Å². The number of hydroxylamine groups is 1. The number of hydrogen-bond acceptors (Lipinski definition) is 8. The highest BCUT2D eigenvalue weighted by atomic mass is 35.5. The van der Waals surface area contributed by atoms with Gasteiger partial charge in [0.15, 0.2) is 11.7 Å². The predicted octanol–water partition coefficient (Wildman–Crippen LogP) is 4.76. The fraction of sp³-hybridized carbons (Fsp3) is 0.536. The molecule has 9 nitrogen and oxygen atoms in total. The molecule has 3 aliphatic rings. The third kappa shape index (κ3) is 6.98. The maximum atomic E-state index is 16.5. The van der Waals surface area contributed by atoms with Crippen LogP contribution in [0.15, 0.2) is 58.7 Å². The van der Waals surface area contributed by atoms with Crippen molar-refractivity contribution in [2.75, 3.05) is 6.54 Å². The first-order valence-corrected chi connectivity index (χ1v) is 13.9. The second-order valence-electron chi connectivity index (χ2n) is 10.8. The first-order valence-electron chi connectivity index (χ1n) is 13.5. The lowest BCUT2D eigenvalue weighted by Crippen LogP contribution is -2.42. The van der Waals surface area contributed by atoms with Crippen molar-refractivity contribution in [3.8, 4) is 0 Å². The minimum atomic E-state index is -1.58. The molecular weight excluding hydrogens is 521 g/mol. The van der Waals surface area contributed by atoms with Crippen LogP contribution in [0.4, 0.5) is 4.39 Å². The molecule has 0 unspecified atom stereocenters. The Kier molecular flexibility index (Phi) is 9.30. The number of aromatic nitrogens is 1. The van der Waals surface area contributed by atoms with Gasteiger partial charge in [0.05, 0.1) is 16.4 Å². The lowest BCUT2D eigenvalue weighted by molar-refractivity contribution is -0.102. The Morgan fingerprint density at radius 2 is 1.92 bits per heavy atom. The molecule has 0 spiro atoms. The number of nitrogens with one attached hydrogen (secondary N) is 1. The minimum Gasteiger partial charge on any atom is -0.397 e. The molecule has 2 aliphatic carbocycles. The van der Waals surface area contributed by atoms with Crippen LogP contribution in [0.2, 0.25) is 5.02 Å². The molecule has 1 aromatic rings. The van der Waals surface area contributed by atoms with Crippen molar-refractivity contribution >= 4 is 29.0 Å². The summed E-state index contributed by atoms with van der Waals surface area (Å²) in [6.07, 6.45) is 9.27. The molecule has 11 heteroatoms. The zero-order valence-electron chi connectivity index (χ0n) is 22.5. The molecule has 1 atom stereocenters. The highest BCUT2D eigenvalue weighted by Crippen LogP contribution is 2.43. The average molecular weight is 560 g/mol. The van der Waals surface area contributed by atoms with E-state index in [1.54, 1.807) is 12.3 Å². The summed E-state index contributed by atoms with van der Waals surface area (Å²) in [5, 5.41) is 10.0. The van der Waals surface area contributed by atoms with Crippen LogP contribution >= 0.6 is 11.6 Å². The summed E-state index contributed by atoms with van der Waals surface area (Å²) in [5.41, 5.74) is 15.3. The van der Waals surface area contributed by atoms with Gasteiger partial charge in [0.1, 0.15) is 11.4 Å². The van der Waals surface area contributed by atoms with E-state index in [1.165, 1.54) is 6.20 Å². The first-order chi connectivity index (χ1) is 18.6. The molecule has 2 heterocycles. The number of allylic oxidation sites excluding steroid dienone is 1. The SMILES string of the molecule is C=C(N)/C(=C(\N=C(N)C1=N[C@H](O)ON1)c1cncc(Cl)c1)N(CC1CCC(C)CC1)C(=C)C1(F)CCCCC1. The van der Waals surface area contributed by atoms with Crippen molar-refractivity contribution in [1.29, 1.82) is 0 Å². The van der Waals surface area contributed by atoms with Gasteiger partial charge in [-0.05, 0) is 56.4 Å². The topological polar surface area (TPSA) is 134 Å². The number of amidine groups is 2. The number of hydrogen-bond donors (Lipinski definition) is 4. The largest absolute Gasteiger partial charge is 0.397 e. The van der Waals surface area contributed by atoms with Gasteiger partial charge in [-0.15, -0.1) is 0 Å². The van der Waals surface area contributed by atoms with Crippen LogP contribution in [0.5, 0.6) is 0 Å². The Bertz CT molecular complexity index is 1170. The summed E-state index contributed by atoms with van der Waals surface area (Å²) in [6.45, 7) is 11.1. The molecule has 0 amide bonds. The van der Waals surface area contributed by atoms with Gasteiger partial charge in [0.2, 0.25) is 0 Å². The molecule has 2 saturated carbocycles. The standard InChI is InChI=1S/C28H39ClFN7O2/c1-17-7-9-20(10-8-17)16-37(19(3)28(30)11-5-4-6-12-28)24(18(2)31)23(21-13-22(29)15-33-14-21)34-25(32)26-35-27(38)39-36-26/h13-15,17,20,27,38H,2-12,16,31H2,1H3,(H2,32,34)(H,35,36)/b24-23+/t17?,20?,27-/m1/s1. The Morgan fingerprint density at radius 1 is 1.23 bits per heavy atom. The van der Waals surface area contributed by atoms with E-state index in [4.69, 9.17) is 27.9 Å². The van der Waals surface area contributed by atoms with Crippen LogP contribution in [0, 0.1) is 11.8 Å². The fourth-order valence-corrected chi connectivity index (χ4v) is 5.74. The van der Waals surface area contributed by atoms with Crippen LogP contribution in [0.1, 0.15) is 70.3 Å². The third-order valence-electron chi connectivity index (χ3n) is 7.82. The van der Waals surface area contributed by atoms with Crippen LogP contribution in [0.3, 0.4) is 0 Å². The van der Waals surface area contributed by atoms with Crippen molar-refractivity contribution in [2.24, 2.45) is 33.3 Å². The summed E-state index contributed by atoms with van der Waals surface area (Å²) in [7, 11) is 0. The number of halogens is 2. The molecule has 0 radical (unpaired) electrons. The Labute approximate surface area is 234 Å². The zero-order valence-corrected chi connectivity index (χ0v) is 23.3. The number of aliphatic imine (C=N–C) groups is 2. The Morgan fingerprint density at radius 3 is 2.51 bits per heavy atom. The summed E-state index contributed by atoms with van der Waals surface area (Å²) in [6, 6.07) is 1.67. The molecule has 0 aromatic carbocycles. The molecule has 2 fully saturated rings. The smallest absolute Gasteiger partial charge is 0.280 e. The van der Waals surface area contributed by atoms with Crippen LogP contribution in [0.25, 0.3) is 5.70 Å². The first kappa shape index (κ1) is 29.0. The monoisotopic (exact) mass is 559 g/mol. The highest BCUT2D eigenvalue weighted by Gasteiger charge is 2.40. The molecule has 6 N–H and O–H groups in total. The van der Waals surface area contributed by atoms with Gasteiger partial charge in [-0.3, -0.25) is 4.98 Å². The summed E-state index contributed by atoms with van der Waals surface area (Å²) in [5.74, 6) is 0.935. The van der Waals surface area contributed by atoms with Crippen molar-refractivity contribution < 1.29 is 14.3 Å². The lowest BCUT2D eigenvalue weighted by atomic mass is 9.81. The van der Waals surface area contributed by atoms with E-state index in [-0.39, 0.29) is 23.1 Å². The van der Waals surface area contributed by atoms with Gasteiger partial charge in [-0.1, -0.05) is 50.9 Å². The summed E-state index contributed by atoms with van der Waals surface area (Å²) < 4.78 is 16.5. The normalized spacial score (nSPS) is 25.8. The van der Waals surface area contributed by atoms with Gasteiger partial charge in [-0.25, -0.2) is 24.7 Å². The second kappa shape index (κ2) is 12.5. The van der Waals surface area contributed by atoms with E-state index in [1.807, 2.05) is 4.90 Å². The van der Waals surface area contributed by atoms with Gasteiger partial charge >= 0.3 is 0 Å². The highest BCUT2D eigenvalue weighted by molar-refractivity contribution is 6.40. The molecular formula is C28H39ClFN7O2. The van der Waals surface area contributed by atoms with E-state index >= 15 is 4.39 Å². The van der Waals surface area contributed by atoms with Gasteiger partial charge in [0.25, 0.3) is 6.41 Å². The van der Waals surface area contributed by atoms with Gasteiger partial charge in [-0.2, -0.15) is 0 Å². The van der Waals surface area contributed by atoms with Crippen molar-refractivity contribution in [1.82, 2.24) is 15.4 Å². The molecule has 0 saturated heterocycles. The molecule has 4 rings (SSSR count). The van der Waals surface area contributed by atoms with E-state index in [0.717, 1.165) is 44.9 Å². The molecule has 39 heavy (non-hydrogen) atoms. The van der Waals surface area contributed by atoms with Crippen molar-refractivity contribution in [3.63, 3.8) is 0 Å². The number of aliphatic hydroxyl groups excluding tert-OH is 1.